The van der Waals surface area contributed by atoms with Crippen LogP contribution in [0.25, 0.3) is 0 Å². The van der Waals surface area contributed by atoms with Crippen molar-refractivity contribution < 1.29 is 4.92 Å². The fourth-order valence-corrected chi connectivity index (χ4v) is 3.10. The van der Waals surface area contributed by atoms with Crippen LogP contribution < -0.4 is 0 Å². The van der Waals surface area contributed by atoms with E-state index in [1.165, 1.54) is 4.88 Å². The minimum Gasteiger partial charge on any atom is -0.329 e. The summed E-state index contributed by atoms with van der Waals surface area (Å²) in [6.45, 7) is 0. The molecule has 1 atom stereocenters. The second-order valence-corrected chi connectivity index (χ2v) is 5.65. The summed E-state index contributed by atoms with van der Waals surface area (Å²) < 4.78 is 2.06. The van der Waals surface area contributed by atoms with Gasteiger partial charge in [0.1, 0.15) is 0 Å². The van der Waals surface area contributed by atoms with Gasteiger partial charge in [0.25, 0.3) is 5.69 Å². The van der Waals surface area contributed by atoms with Gasteiger partial charge in [-0.05, 0) is 23.4 Å². The van der Waals surface area contributed by atoms with E-state index in [1.54, 1.807) is 36.0 Å². The average molecular weight is 299 g/mol. The first-order valence-electron chi connectivity index (χ1n) is 6.48. The Kier molecular flexibility index (Phi) is 3.79. The molecule has 21 heavy (non-hydrogen) atoms. The Balaban J connectivity index is 1.87. The number of thiophene rings is 1. The predicted molar refractivity (Wildman–Crippen MR) is 81.5 cm³/mol. The molecule has 0 spiro atoms. The van der Waals surface area contributed by atoms with Gasteiger partial charge in [-0.25, -0.2) is 4.98 Å². The number of hydrogen-bond acceptors (Lipinski definition) is 4. The average Bonchev–Trinajstić information content (AvgIpc) is 3.19. The Bertz CT molecular complexity index is 672. The van der Waals surface area contributed by atoms with Crippen molar-refractivity contribution in [2.24, 2.45) is 0 Å². The zero-order valence-corrected chi connectivity index (χ0v) is 11.9. The van der Waals surface area contributed by atoms with E-state index in [9.17, 15) is 10.1 Å². The minimum absolute atomic E-state index is 0.119. The third kappa shape index (κ3) is 3.00. The Labute approximate surface area is 125 Å². The molecule has 0 amide bonds. The number of hydrogen-bond donors (Lipinski definition) is 0. The van der Waals surface area contributed by atoms with E-state index >= 15 is 0 Å². The standard InChI is InChI=1S/C15H13N3O2S/c19-18(20)13-5-3-12(4-6-13)10-14(15-2-1-9-21-15)17-8-7-16-11-17/h1-9,11,14H,10H2. The number of nitrogens with zero attached hydrogens (tertiary/aromatic N) is 3. The molecular formula is C15H13N3O2S. The molecule has 0 N–H and O–H groups in total. The van der Waals surface area contributed by atoms with Crippen LogP contribution in [0.15, 0.2) is 60.5 Å². The van der Waals surface area contributed by atoms with Gasteiger partial charge in [-0.15, -0.1) is 11.3 Å². The van der Waals surface area contributed by atoms with Crippen molar-refractivity contribution in [2.75, 3.05) is 0 Å². The number of nitro benzene ring substituents is 1. The number of benzene rings is 1. The van der Waals surface area contributed by atoms with Crippen LogP contribution in [0, 0.1) is 10.1 Å². The van der Waals surface area contributed by atoms with E-state index in [0.29, 0.717) is 0 Å². The molecule has 0 aliphatic heterocycles. The Hall–Kier alpha value is -2.47. The van der Waals surface area contributed by atoms with E-state index in [0.717, 1.165) is 12.0 Å². The highest BCUT2D eigenvalue weighted by Gasteiger charge is 2.15. The molecule has 3 aromatic rings. The molecule has 106 valence electrons. The quantitative estimate of drug-likeness (QED) is 0.533. The molecule has 0 saturated heterocycles. The Morgan fingerprint density at radius 1 is 1.29 bits per heavy atom. The first kappa shape index (κ1) is 13.5. The lowest BCUT2D eigenvalue weighted by molar-refractivity contribution is -0.384. The van der Waals surface area contributed by atoms with Crippen LogP contribution in [0.5, 0.6) is 0 Å². The molecule has 1 aromatic carbocycles. The molecule has 0 saturated carbocycles. The van der Waals surface area contributed by atoms with Gasteiger partial charge in [-0.3, -0.25) is 10.1 Å². The van der Waals surface area contributed by atoms with Gasteiger partial charge in [0.2, 0.25) is 0 Å². The second-order valence-electron chi connectivity index (χ2n) is 4.67. The van der Waals surface area contributed by atoms with Gasteiger partial charge in [0.05, 0.1) is 17.3 Å². The van der Waals surface area contributed by atoms with Gasteiger partial charge < -0.3 is 4.57 Å². The molecule has 0 bridgehead atoms. The zero-order valence-electron chi connectivity index (χ0n) is 11.1. The van der Waals surface area contributed by atoms with Crippen LogP contribution >= 0.6 is 11.3 Å². The summed E-state index contributed by atoms with van der Waals surface area (Å²) in [5, 5.41) is 12.8. The minimum atomic E-state index is -0.379. The molecule has 0 aliphatic rings. The zero-order chi connectivity index (χ0) is 14.7. The van der Waals surface area contributed by atoms with Crippen molar-refractivity contribution in [1.82, 2.24) is 9.55 Å². The molecule has 0 radical (unpaired) electrons. The largest absolute Gasteiger partial charge is 0.329 e. The van der Waals surface area contributed by atoms with Crippen LogP contribution in [-0.4, -0.2) is 14.5 Å². The molecule has 1 unspecified atom stereocenters. The van der Waals surface area contributed by atoms with Crippen LogP contribution in [0.1, 0.15) is 16.5 Å². The van der Waals surface area contributed by atoms with Crippen molar-refractivity contribution in [3.05, 3.63) is 81.1 Å². The molecular weight excluding hydrogens is 286 g/mol. The monoisotopic (exact) mass is 299 g/mol. The normalized spacial score (nSPS) is 12.2. The highest BCUT2D eigenvalue weighted by Crippen LogP contribution is 2.27. The molecule has 0 fully saturated rings. The molecule has 5 nitrogen and oxygen atoms in total. The summed E-state index contributed by atoms with van der Waals surface area (Å²) in [5.41, 5.74) is 1.18. The molecule has 6 heteroatoms. The Morgan fingerprint density at radius 3 is 2.67 bits per heavy atom. The third-order valence-corrected chi connectivity index (χ3v) is 4.31. The van der Waals surface area contributed by atoms with Gasteiger partial charge in [0.15, 0.2) is 0 Å². The fraction of sp³-hybridized carbons (Fsp3) is 0.133. The number of imidazole rings is 1. The van der Waals surface area contributed by atoms with Gasteiger partial charge in [0, 0.05) is 29.4 Å². The van der Waals surface area contributed by atoms with E-state index < -0.39 is 0 Å². The summed E-state index contributed by atoms with van der Waals surface area (Å²) in [4.78, 5) is 15.7. The number of nitro groups is 1. The smallest absolute Gasteiger partial charge is 0.269 e. The SMILES string of the molecule is O=[N+]([O-])c1ccc(CC(c2cccs2)n2ccnc2)cc1. The predicted octanol–water partition coefficient (Wildman–Crippen LogP) is 3.68. The Morgan fingerprint density at radius 2 is 2.10 bits per heavy atom. The summed E-state index contributed by atoms with van der Waals surface area (Å²) in [6, 6.07) is 11.0. The van der Waals surface area contributed by atoms with Crippen molar-refractivity contribution in [2.45, 2.75) is 12.5 Å². The van der Waals surface area contributed by atoms with Crippen LogP contribution in [-0.2, 0) is 6.42 Å². The number of aromatic nitrogens is 2. The van der Waals surface area contributed by atoms with Crippen LogP contribution in [0.4, 0.5) is 5.69 Å². The summed E-state index contributed by atoms with van der Waals surface area (Å²) >= 11 is 1.70. The number of non-ortho nitro benzene ring substituents is 1. The van der Waals surface area contributed by atoms with Crippen molar-refractivity contribution in [1.29, 1.82) is 0 Å². The van der Waals surface area contributed by atoms with E-state index in [1.807, 2.05) is 24.4 Å². The lowest BCUT2D eigenvalue weighted by Gasteiger charge is -2.17. The molecule has 2 aromatic heterocycles. The molecule has 0 aliphatic carbocycles. The lowest BCUT2D eigenvalue weighted by Crippen LogP contribution is -2.10. The summed E-state index contributed by atoms with van der Waals surface area (Å²) in [6.07, 6.45) is 6.27. The van der Waals surface area contributed by atoms with Crippen molar-refractivity contribution >= 4 is 17.0 Å². The van der Waals surface area contributed by atoms with Crippen molar-refractivity contribution in [3.8, 4) is 0 Å². The van der Waals surface area contributed by atoms with E-state index in [2.05, 4.69) is 21.0 Å². The first-order valence-corrected chi connectivity index (χ1v) is 7.36. The van der Waals surface area contributed by atoms with Crippen LogP contribution in [0.2, 0.25) is 0 Å². The maximum Gasteiger partial charge on any atom is 0.269 e. The lowest BCUT2D eigenvalue weighted by atomic mass is 10.0. The van der Waals surface area contributed by atoms with Gasteiger partial charge >= 0.3 is 0 Å². The maximum atomic E-state index is 10.7. The maximum absolute atomic E-state index is 10.7. The molecule has 3 rings (SSSR count). The fourth-order valence-electron chi connectivity index (χ4n) is 2.26. The molecule has 2 heterocycles. The van der Waals surface area contributed by atoms with E-state index in [4.69, 9.17) is 0 Å². The van der Waals surface area contributed by atoms with E-state index in [-0.39, 0.29) is 16.7 Å². The van der Waals surface area contributed by atoms with Crippen LogP contribution in [0.3, 0.4) is 0 Å². The third-order valence-electron chi connectivity index (χ3n) is 3.33. The topological polar surface area (TPSA) is 61.0 Å². The van der Waals surface area contributed by atoms with Gasteiger partial charge in [-0.2, -0.15) is 0 Å². The first-order chi connectivity index (χ1) is 10.2. The highest BCUT2D eigenvalue weighted by atomic mass is 32.1. The number of rotatable bonds is 5. The van der Waals surface area contributed by atoms with Gasteiger partial charge in [-0.1, -0.05) is 18.2 Å². The second kappa shape index (κ2) is 5.88. The van der Waals surface area contributed by atoms with Crippen molar-refractivity contribution in [3.63, 3.8) is 0 Å². The summed E-state index contributed by atoms with van der Waals surface area (Å²) in [7, 11) is 0. The summed E-state index contributed by atoms with van der Waals surface area (Å²) in [5.74, 6) is 0. The highest BCUT2D eigenvalue weighted by molar-refractivity contribution is 7.10.